The predicted octanol–water partition coefficient (Wildman–Crippen LogP) is 4.07. The van der Waals surface area contributed by atoms with Gasteiger partial charge in [0.15, 0.2) is 0 Å². The zero-order chi connectivity index (χ0) is 11.7. The van der Waals surface area contributed by atoms with Crippen molar-refractivity contribution in [2.75, 3.05) is 13.1 Å². The van der Waals surface area contributed by atoms with Crippen LogP contribution in [0.5, 0.6) is 0 Å². The van der Waals surface area contributed by atoms with Crippen LogP contribution in [0, 0.1) is 0 Å². The molecule has 1 fully saturated rings. The minimum atomic E-state index is 0.733. The number of benzene rings is 1. The summed E-state index contributed by atoms with van der Waals surface area (Å²) in [5.74, 6) is 1.05. The van der Waals surface area contributed by atoms with Gasteiger partial charge in [0.25, 0.3) is 0 Å². The molecule has 2 heterocycles. The molecular weight excluding hydrogens is 234 g/mol. The van der Waals surface area contributed by atoms with Gasteiger partial charge in [-0.05, 0) is 44.1 Å². The lowest BCUT2D eigenvalue weighted by Crippen LogP contribution is -2.28. The predicted molar refractivity (Wildman–Crippen MR) is 70.4 cm³/mol. The summed E-state index contributed by atoms with van der Waals surface area (Å²) < 4.78 is 5.83. The highest BCUT2D eigenvalue weighted by Gasteiger charge is 2.13. The molecular formula is C14H16ClNO. The number of hydrogen-bond donors (Lipinski definition) is 0. The van der Waals surface area contributed by atoms with Gasteiger partial charge in [0.2, 0.25) is 0 Å². The Labute approximate surface area is 106 Å². The van der Waals surface area contributed by atoms with E-state index in [1.165, 1.54) is 32.4 Å². The van der Waals surface area contributed by atoms with Gasteiger partial charge in [0.1, 0.15) is 11.3 Å². The molecule has 2 aromatic rings. The maximum atomic E-state index is 5.95. The van der Waals surface area contributed by atoms with Gasteiger partial charge in [-0.25, -0.2) is 0 Å². The van der Waals surface area contributed by atoms with E-state index < -0.39 is 0 Å². The molecule has 1 aromatic heterocycles. The van der Waals surface area contributed by atoms with Crippen molar-refractivity contribution in [1.82, 2.24) is 4.90 Å². The quantitative estimate of drug-likeness (QED) is 0.798. The normalized spacial score (nSPS) is 17.7. The van der Waals surface area contributed by atoms with Gasteiger partial charge in [0.05, 0.1) is 6.54 Å². The van der Waals surface area contributed by atoms with E-state index in [2.05, 4.69) is 11.0 Å². The number of halogens is 1. The van der Waals surface area contributed by atoms with Crippen molar-refractivity contribution < 1.29 is 4.42 Å². The second kappa shape index (κ2) is 4.71. The first-order chi connectivity index (χ1) is 8.31. The first-order valence-corrected chi connectivity index (χ1v) is 6.59. The van der Waals surface area contributed by atoms with Gasteiger partial charge in [-0.2, -0.15) is 0 Å². The summed E-state index contributed by atoms with van der Waals surface area (Å²) in [6, 6.07) is 7.93. The maximum Gasteiger partial charge on any atom is 0.135 e. The molecule has 3 rings (SSSR count). The van der Waals surface area contributed by atoms with Gasteiger partial charge >= 0.3 is 0 Å². The van der Waals surface area contributed by atoms with Gasteiger partial charge in [-0.15, -0.1) is 0 Å². The summed E-state index contributed by atoms with van der Waals surface area (Å²) in [6.45, 7) is 3.31. The highest BCUT2D eigenvalue weighted by atomic mass is 35.5. The van der Waals surface area contributed by atoms with E-state index in [9.17, 15) is 0 Å². The van der Waals surface area contributed by atoms with Crippen LogP contribution in [-0.4, -0.2) is 18.0 Å². The largest absolute Gasteiger partial charge is 0.460 e. The van der Waals surface area contributed by atoms with Crippen LogP contribution in [0.2, 0.25) is 5.02 Å². The SMILES string of the molecule is Clc1ccc2cc(CN3CCCCC3)oc2c1. The van der Waals surface area contributed by atoms with Crippen molar-refractivity contribution >= 4 is 22.6 Å². The number of likely N-dealkylation sites (tertiary alicyclic amines) is 1. The number of rotatable bonds is 2. The topological polar surface area (TPSA) is 16.4 Å². The zero-order valence-electron chi connectivity index (χ0n) is 9.79. The Morgan fingerprint density at radius 3 is 2.76 bits per heavy atom. The standard InChI is InChI=1S/C14H16ClNO/c15-12-5-4-11-8-13(17-14(11)9-12)10-16-6-2-1-3-7-16/h4-5,8-9H,1-3,6-7,10H2. The molecule has 1 saturated heterocycles. The lowest BCUT2D eigenvalue weighted by atomic mass is 10.1. The van der Waals surface area contributed by atoms with Crippen molar-refractivity contribution in [2.24, 2.45) is 0 Å². The van der Waals surface area contributed by atoms with Crippen LogP contribution < -0.4 is 0 Å². The third-order valence-electron chi connectivity index (χ3n) is 3.36. The van der Waals surface area contributed by atoms with E-state index in [1.807, 2.05) is 18.2 Å². The molecule has 0 spiro atoms. The monoisotopic (exact) mass is 249 g/mol. The summed E-state index contributed by atoms with van der Waals surface area (Å²) in [6.07, 6.45) is 3.99. The molecule has 2 nitrogen and oxygen atoms in total. The van der Waals surface area contributed by atoms with Crippen LogP contribution >= 0.6 is 11.6 Å². The minimum absolute atomic E-state index is 0.733. The van der Waals surface area contributed by atoms with Crippen LogP contribution in [0.15, 0.2) is 28.7 Å². The van der Waals surface area contributed by atoms with Gasteiger partial charge in [0, 0.05) is 16.5 Å². The van der Waals surface area contributed by atoms with Gasteiger partial charge < -0.3 is 4.42 Å². The Kier molecular flexibility index (Phi) is 3.08. The molecule has 17 heavy (non-hydrogen) atoms. The van der Waals surface area contributed by atoms with Gasteiger partial charge in [-0.3, -0.25) is 4.90 Å². The fraction of sp³-hybridized carbons (Fsp3) is 0.429. The van der Waals surface area contributed by atoms with Crippen molar-refractivity contribution in [3.05, 3.63) is 35.0 Å². The molecule has 90 valence electrons. The van der Waals surface area contributed by atoms with Crippen molar-refractivity contribution in [3.8, 4) is 0 Å². The van der Waals surface area contributed by atoms with E-state index in [1.54, 1.807) is 0 Å². The molecule has 0 N–H and O–H groups in total. The minimum Gasteiger partial charge on any atom is -0.460 e. The summed E-state index contributed by atoms with van der Waals surface area (Å²) in [5.41, 5.74) is 0.893. The maximum absolute atomic E-state index is 5.95. The molecule has 1 aliphatic heterocycles. The molecule has 3 heteroatoms. The van der Waals surface area contributed by atoms with Crippen molar-refractivity contribution in [2.45, 2.75) is 25.8 Å². The molecule has 1 aromatic carbocycles. The first-order valence-electron chi connectivity index (χ1n) is 6.21. The van der Waals surface area contributed by atoms with Crippen LogP contribution in [0.3, 0.4) is 0 Å². The number of hydrogen-bond acceptors (Lipinski definition) is 2. The Bertz CT molecular complexity index is 514. The van der Waals surface area contributed by atoms with E-state index in [-0.39, 0.29) is 0 Å². The highest BCUT2D eigenvalue weighted by molar-refractivity contribution is 6.31. The molecule has 0 amide bonds. The fourth-order valence-corrected chi connectivity index (χ4v) is 2.64. The average molecular weight is 250 g/mol. The summed E-state index contributed by atoms with van der Waals surface area (Å²) in [7, 11) is 0. The second-order valence-electron chi connectivity index (χ2n) is 4.73. The Hall–Kier alpha value is -0.990. The Balaban J connectivity index is 1.80. The molecule has 0 atom stereocenters. The van der Waals surface area contributed by atoms with E-state index >= 15 is 0 Å². The molecule has 0 saturated carbocycles. The summed E-state index contributed by atoms with van der Waals surface area (Å²) >= 11 is 5.95. The second-order valence-corrected chi connectivity index (χ2v) is 5.17. The van der Waals surface area contributed by atoms with Crippen molar-refractivity contribution in [1.29, 1.82) is 0 Å². The number of piperidine rings is 1. The molecule has 0 bridgehead atoms. The number of furan rings is 1. The molecule has 0 unspecified atom stereocenters. The molecule has 0 radical (unpaired) electrons. The van der Waals surface area contributed by atoms with Crippen LogP contribution in [0.25, 0.3) is 11.0 Å². The lowest BCUT2D eigenvalue weighted by Gasteiger charge is -2.25. The third-order valence-corrected chi connectivity index (χ3v) is 3.60. The Morgan fingerprint density at radius 1 is 1.12 bits per heavy atom. The fourth-order valence-electron chi connectivity index (χ4n) is 2.48. The van der Waals surface area contributed by atoms with Crippen LogP contribution in [-0.2, 0) is 6.54 Å². The average Bonchev–Trinajstić information content (AvgIpc) is 2.71. The highest BCUT2D eigenvalue weighted by Crippen LogP contribution is 2.24. The third kappa shape index (κ3) is 2.48. The molecule has 1 aliphatic rings. The summed E-state index contributed by atoms with van der Waals surface area (Å²) in [5, 5.41) is 1.87. The molecule has 0 aliphatic carbocycles. The first kappa shape index (κ1) is 11.1. The van der Waals surface area contributed by atoms with Crippen LogP contribution in [0.1, 0.15) is 25.0 Å². The van der Waals surface area contributed by atoms with Gasteiger partial charge in [-0.1, -0.05) is 18.0 Å². The smallest absolute Gasteiger partial charge is 0.135 e. The lowest BCUT2D eigenvalue weighted by molar-refractivity contribution is 0.207. The summed E-state index contributed by atoms with van der Waals surface area (Å²) in [4.78, 5) is 2.46. The van der Waals surface area contributed by atoms with E-state index in [4.69, 9.17) is 16.0 Å². The van der Waals surface area contributed by atoms with E-state index in [0.717, 1.165) is 28.3 Å². The Morgan fingerprint density at radius 2 is 1.94 bits per heavy atom. The zero-order valence-corrected chi connectivity index (χ0v) is 10.5. The number of fused-ring (bicyclic) bond motifs is 1. The van der Waals surface area contributed by atoms with E-state index in [0.29, 0.717) is 0 Å². The number of nitrogens with zero attached hydrogens (tertiary/aromatic N) is 1. The van der Waals surface area contributed by atoms with Crippen LogP contribution in [0.4, 0.5) is 0 Å². The van der Waals surface area contributed by atoms with Crippen molar-refractivity contribution in [3.63, 3.8) is 0 Å².